The molecule has 57 heavy (non-hydrogen) atoms. The summed E-state index contributed by atoms with van der Waals surface area (Å²) in [4.78, 5) is 4.73. The van der Waals surface area contributed by atoms with E-state index in [0.29, 0.717) is 0 Å². The Morgan fingerprint density at radius 3 is 0.930 bits per heavy atom. The lowest BCUT2D eigenvalue weighted by Crippen LogP contribution is -2.17. The van der Waals surface area contributed by atoms with E-state index in [4.69, 9.17) is 0 Å². The molecule has 0 heterocycles. The van der Waals surface area contributed by atoms with Crippen LogP contribution in [0.15, 0.2) is 158 Å². The Labute approximate surface area is 345 Å². The SMILES string of the molecule is CCCCCCCC(C)(C)c1ccc(N(c2ccccc2)c2ccc(-c3ccc(N(c4ccccc4)c4ccc(C(C)(C)CCCCCC)cc4)cc3)cc2)cc1. The normalized spacial score (nSPS) is 11.8. The van der Waals surface area contributed by atoms with Crippen molar-refractivity contribution in [2.75, 3.05) is 9.80 Å². The first-order valence-electron chi connectivity index (χ1n) is 21.8. The largest absolute Gasteiger partial charge is 0.311 e. The van der Waals surface area contributed by atoms with Crippen LogP contribution < -0.4 is 9.80 Å². The van der Waals surface area contributed by atoms with Crippen molar-refractivity contribution in [2.24, 2.45) is 0 Å². The number of anilines is 6. The summed E-state index contributed by atoms with van der Waals surface area (Å²) in [6, 6.07) is 58.1. The number of unbranched alkanes of at least 4 members (excludes halogenated alkanes) is 7. The lowest BCUT2D eigenvalue weighted by atomic mass is 9.80. The van der Waals surface area contributed by atoms with E-state index >= 15 is 0 Å². The van der Waals surface area contributed by atoms with E-state index in [1.807, 2.05) is 0 Å². The summed E-state index contributed by atoms with van der Waals surface area (Å²) in [5.74, 6) is 0. The Kier molecular flexibility index (Phi) is 14.5. The number of hydrogen-bond donors (Lipinski definition) is 0. The van der Waals surface area contributed by atoms with E-state index in [1.54, 1.807) is 0 Å². The maximum Gasteiger partial charge on any atom is 0.0462 e. The first-order chi connectivity index (χ1) is 27.7. The lowest BCUT2D eigenvalue weighted by Gasteiger charge is -2.29. The predicted octanol–water partition coefficient (Wildman–Crippen LogP) is 17.2. The van der Waals surface area contributed by atoms with Gasteiger partial charge in [0, 0.05) is 34.1 Å². The van der Waals surface area contributed by atoms with Crippen LogP contribution in [-0.2, 0) is 10.8 Å². The van der Waals surface area contributed by atoms with Gasteiger partial charge in [-0.1, -0.05) is 184 Å². The molecule has 0 aliphatic rings. The molecule has 0 amide bonds. The van der Waals surface area contributed by atoms with Crippen molar-refractivity contribution >= 4 is 34.1 Å². The van der Waals surface area contributed by atoms with Crippen molar-refractivity contribution < 1.29 is 0 Å². The van der Waals surface area contributed by atoms with Gasteiger partial charge in [-0.2, -0.15) is 0 Å². The van der Waals surface area contributed by atoms with Gasteiger partial charge in [0.25, 0.3) is 0 Å². The minimum atomic E-state index is 0.159. The highest BCUT2D eigenvalue weighted by Gasteiger charge is 2.23. The van der Waals surface area contributed by atoms with Crippen molar-refractivity contribution in [3.05, 3.63) is 169 Å². The van der Waals surface area contributed by atoms with Gasteiger partial charge in [0.05, 0.1) is 0 Å². The molecule has 2 heteroatoms. The predicted molar refractivity (Wildman–Crippen MR) is 249 cm³/mol. The Hall–Kier alpha value is -5.08. The van der Waals surface area contributed by atoms with Crippen LogP contribution >= 0.6 is 0 Å². The zero-order chi connectivity index (χ0) is 40.1. The Bertz CT molecular complexity index is 2040. The molecule has 0 aromatic heterocycles. The summed E-state index contributed by atoms with van der Waals surface area (Å²) in [5.41, 5.74) is 12.5. The number of para-hydroxylation sites is 2. The Balaban J connectivity index is 1.21. The highest BCUT2D eigenvalue weighted by molar-refractivity contribution is 5.80. The minimum absolute atomic E-state index is 0.159. The number of hydrogen-bond acceptors (Lipinski definition) is 2. The molecular weight excluding hydrogens is 689 g/mol. The maximum atomic E-state index is 2.40. The van der Waals surface area contributed by atoms with Crippen molar-refractivity contribution in [2.45, 2.75) is 123 Å². The van der Waals surface area contributed by atoms with Crippen LogP contribution in [-0.4, -0.2) is 0 Å². The van der Waals surface area contributed by atoms with E-state index in [-0.39, 0.29) is 10.8 Å². The van der Waals surface area contributed by atoms with Gasteiger partial charge in [-0.3, -0.25) is 0 Å². The van der Waals surface area contributed by atoms with Crippen LogP contribution in [0.4, 0.5) is 34.1 Å². The second kappa shape index (κ2) is 19.9. The molecule has 0 saturated heterocycles. The standard InChI is InChI=1S/C55H66N2/c1-7-9-11-13-21-43-55(5,6)47-32-40-53(41-33-47)57(49-24-18-15-19-25-49)51-36-28-45(29-37-51)44-26-34-50(35-27-44)56(48-22-16-14-17-23-48)52-38-30-46(31-39-52)54(3,4)42-20-12-10-8-2/h14-19,22-41H,7-13,20-21,42-43H2,1-6H3. The van der Waals surface area contributed by atoms with E-state index in [9.17, 15) is 0 Å². The fraction of sp³-hybridized carbons (Fsp3) is 0.345. The smallest absolute Gasteiger partial charge is 0.0462 e. The molecule has 0 radical (unpaired) electrons. The maximum absolute atomic E-state index is 2.40. The van der Waals surface area contributed by atoms with Gasteiger partial charge >= 0.3 is 0 Å². The quantitative estimate of drug-likeness (QED) is 0.0716. The van der Waals surface area contributed by atoms with Crippen molar-refractivity contribution in [1.82, 2.24) is 0 Å². The van der Waals surface area contributed by atoms with Crippen molar-refractivity contribution in [3.8, 4) is 11.1 Å². The summed E-state index contributed by atoms with van der Waals surface area (Å²) in [5, 5.41) is 0. The van der Waals surface area contributed by atoms with Gasteiger partial charge in [0.1, 0.15) is 0 Å². The molecule has 0 atom stereocenters. The molecule has 0 saturated carbocycles. The number of benzene rings is 6. The molecule has 0 unspecified atom stereocenters. The van der Waals surface area contributed by atoms with E-state index in [0.717, 1.165) is 22.7 Å². The summed E-state index contributed by atoms with van der Waals surface area (Å²) >= 11 is 0. The number of rotatable bonds is 20. The Morgan fingerprint density at radius 1 is 0.316 bits per heavy atom. The molecule has 6 aromatic carbocycles. The van der Waals surface area contributed by atoms with Gasteiger partial charge in [-0.05, 0) is 119 Å². The molecule has 6 rings (SSSR count). The first kappa shape index (κ1) is 41.6. The highest BCUT2D eigenvalue weighted by Crippen LogP contribution is 2.40. The fourth-order valence-electron chi connectivity index (χ4n) is 8.23. The third kappa shape index (κ3) is 10.9. The van der Waals surface area contributed by atoms with Crippen LogP contribution in [0.2, 0.25) is 0 Å². The molecule has 296 valence electrons. The second-order valence-electron chi connectivity index (χ2n) is 17.3. The molecule has 0 fully saturated rings. The van der Waals surface area contributed by atoms with Crippen LogP contribution in [0.25, 0.3) is 11.1 Å². The average Bonchev–Trinajstić information content (AvgIpc) is 3.24. The summed E-state index contributed by atoms with van der Waals surface area (Å²) in [6.07, 6.45) is 14.2. The van der Waals surface area contributed by atoms with Crippen LogP contribution in [0.1, 0.15) is 123 Å². The van der Waals surface area contributed by atoms with Crippen LogP contribution in [0.5, 0.6) is 0 Å². The minimum Gasteiger partial charge on any atom is -0.311 e. The Morgan fingerprint density at radius 2 is 0.596 bits per heavy atom. The fourth-order valence-corrected chi connectivity index (χ4v) is 8.23. The second-order valence-corrected chi connectivity index (χ2v) is 17.3. The molecule has 0 bridgehead atoms. The molecule has 0 aliphatic heterocycles. The van der Waals surface area contributed by atoms with E-state index in [2.05, 4.69) is 209 Å². The lowest BCUT2D eigenvalue weighted by molar-refractivity contribution is 0.444. The molecule has 0 aliphatic carbocycles. The monoisotopic (exact) mass is 755 g/mol. The molecule has 2 nitrogen and oxygen atoms in total. The average molecular weight is 755 g/mol. The summed E-state index contributed by atoms with van der Waals surface area (Å²) in [7, 11) is 0. The van der Waals surface area contributed by atoms with E-state index < -0.39 is 0 Å². The topological polar surface area (TPSA) is 6.48 Å². The first-order valence-corrected chi connectivity index (χ1v) is 21.8. The molecule has 6 aromatic rings. The van der Waals surface area contributed by atoms with E-state index in [1.165, 1.54) is 104 Å². The zero-order valence-electron chi connectivity index (χ0n) is 35.7. The van der Waals surface area contributed by atoms with Gasteiger partial charge in [-0.15, -0.1) is 0 Å². The third-order valence-corrected chi connectivity index (χ3v) is 12.0. The van der Waals surface area contributed by atoms with Crippen LogP contribution in [0.3, 0.4) is 0 Å². The molecular formula is C55H66N2. The van der Waals surface area contributed by atoms with Crippen LogP contribution in [0, 0.1) is 0 Å². The number of nitrogens with zero attached hydrogens (tertiary/aromatic N) is 2. The molecule has 0 spiro atoms. The van der Waals surface area contributed by atoms with Crippen molar-refractivity contribution in [3.63, 3.8) is 0 Å². The summed E-state index contributed by atoms with van der Waals surface area (Å²) < 4.78 is 0. The third-order valence-electron chi connectivity index (χ3n) is 12.0. The highest BCUT2D eigenvalue weighted by atomic mass is 15.1. The van der Waals surface area contributed by atoms with Gasteiger partial charge in [0.2, 0.25) is 0 Å². The summed E-state index contributed by atoms with van der Waals surface area (Å²) in [6.45, 7) is 14.1. The van der Waals surface area contributed by atoms with Gasteiger partial charge in [-0.25, -0.2) is 0 Å². The van der Waals surface area contributed by atoms with Crippen molar-refractivity contribution in [1.29, 1.82) is 0 Å². The van der Waals surface area contributed by atoms with Gasteiger partial charge in [0.15, 0.2) is 0 Å². The van der Waals surface area contributed by atoms with Gasteiger partial charge < -0.3 is 9.80 Å². The molecule has 0 N–H and O–H groups in total. The zero-order valence-corrected chi connectivity index (χ0v) is 35.7.